The van der Waals surface area contributed by atoms with Crippen LogP contribution < -0.4 is 15.9 Å². The van der Waals surface area contributed by atoms with E-state index in [0.29, 0.717) is 0 Å². The van der Waals surface area contributed by atoms with Gasteiger partial charge in [0.25, 0.3) is 0 Å². The summed E-state index contributed by atoms with van der Waals surface area (Å²) in [5.74, 6) is -2.30. The molecule has 1 aromatic heterocycles. The first-order valence-electron chi connectivity index (χ1n) is 9.03. The van der Waals surface area contributed by atoms with Gasteiger partial charge in [0, 0.05) is 15.9 Å². The third kappa shape index (κ3) is 3.67. The van der Waals surface area contributed by atoms with Crippen molar-refractivity contribution in [2.45, 2.75) is 0 Å². The van der Waals surface area contributed by atoms with Crippen LogP contribution in [-0.4, -0.2) is 4.98 Å². The van der Waals surface area contributed by atoms with Crippen molar-refractivity contribution in [2.24, 2.45) is 4.74 Å². The zero-order valence-electron chi connectivity index (χ0n) is 15.5. The van der Waals surface area contributed by atoms with Crippen molar-refractivity contribution < 1.29 is 8.78 Å². The van der Waals surface area contributed by atoms with E-state index >= 15 is 0 Å². The first kappa shape index (κ1) is 20.7. The molecule has 0 unspecified atom stereocenters. The molecule has 4 rings (SSSR count). The molecule has 0 bridgehead atoms. The number of rotatable bonds is 4. The van der Waals surface area contributed by atoms with Crippen LogP contribution in [0.25, 0.3) is 0 Å². The molecular formula is C23H15Cl2F2N2P. The first-order valence-corrected chi connectivity index (χ1v) is 11.5. The van der Waals surface area contributed by atoms with Crippen molar-refractivity contribution in [3.05, 3.63) is 113 Å². The minimum absolute atomic E-state index is 0.145. The van der Waals surface area contributed by atoms with Gasteiger partial charge in [-0.15, -0.1) is 0 Å². The molecule has 0 aliphatic rings. The molecule has 7 heteroatoms. The summed E-state index contributed by atoms with van der Waals surface area (Å²) in [5.41, 5.74) is -0.145. The number of hydrogen-bond acceptors (Lipinski definition) is 2. The zero-order valence-corrected chi connectivity index (χ0v) is 17.9. The monoisotopic (exact) mass is 458 g/mol. The van der Waals surface area contributed by atoms with E-state index in [0.717, 1.165) is 15.9 Å². The van der Waals surface area contributed by atoms with E-state index in [2.05, 4.69) is 4.98 Å². The Balaban J connectivity index is 2.22. The molecule has 0 atom stereocenters. The van der Waals surface area contributed by atoms with Crippen molar-refractivity contribution in [2.75, 3.05) is 0 Å². The van der Waals surface area contributed by atoms with Crippen molar-refractivity contribution >= 4 is 51.9 Å². The predicted molar refractivity (Wildman–Crippen MR) is 121 cm³/mol. The lowest BCUT2D eigenvalue weighted by Gasteiger charge is -2.27. The molecule has 150 valence electrons. The Kier molecular flexibility index (Phi) is 6.01. The van der Waals surface area contributed by atoms with Gasteiger partial charge in [0.15, 0.2) is 0 Å². The molecule has 0 spiro atoms. The molecular weight excluding hydrogens is 444 g/mol. The van der Waals surface area contributed by atoms with Gasteiger partial charge in [-0.3, -0.25) is 4.74 Å². The molecule has 0 saturated heterocycles. The minimum atomic E-state index is -2.77. The fourth-order valence-electron chi connectivity index (χ4n) is 3.27. The normalized spacial score (nSPS) is 11.3. The Labute approximate surface area is 183 Å². The highest BCUT2D eigenvalue weighted by Crippen LogP contribution is 2.52. The second-order valence-electron chi connectivity index (χ2n) is 6.41. The highest BCUT2D eigenvalue weighted by molar-refractivity contribution is 7.87. The maximum absolute atomic E-state index is 14.2. The Morgan fingerprint density at radius 3 is 1.27 bits per heavy atom. The van der Waals surface area contributed by atoms with Gasteiger partial charge in [-0.25, -0.2) is 0 Å². The number of pyridine rings is 1. The van der Waals surface area contributed by atoms with Crippen molar-refractivity contribution in [3.63, 3.8) is 0 Å². The largest absolute Gasteiger partial charge is 0.250 e. The number of aromatic nitrogens is 1. The summed E-state index contributed by atoms with van der Waals surface area (Å²) in [7, 11) is -2.77. The third-order valence-electron chi connectivity index (χ3n) is 4.61. The molecule has 30 heavy (non-hydrogen) atoms. The second kappa shape index (κ2) is 8.69. The molecule has 0 radical (unpaired) electrons. The van der Waals surface area contributed by atoms with E-state index < -0.39 is 29.0 Å². The lowest BCUT2D eigenvalue weighted by atomic mass is 10.4. The van der Waals surface area contributed by atoms with E-state index in [-0.39, 0.29) is 5.69 Å². The van der Waals surface area contributed by atoms with Crippen LogP contribution in [0.1, 0.15) is 0 Å². The summed E-state index contributed by atoms with van der Waals surface area (Å²) < 4.78 is 33.4. The number of halogens is 4. The van der Waals surface area contributed by atoms with E-state index in [1.54, 1.807) is 0 Å². The fraction of sp³-hybridized carbons (Fsp3) is 0. The Bertz CT molecular complexity index is 1100. The van der Waals surface area contributed by atoms with Crippen molar-refractivity contribution in [3.8, 4) is 0 Å². The quantitative estimate of drug-likeness (QED) is 0.254. The summed E-state index contributed by atoms with van der Waals surface area (Å²) in [6.45, 7) is 0. The van der Waals surface area contributed by atoms with E-state index in [1.807, 2.05) is 91.0 Å². The van der Waals surface area contributed by atoms with Crippen LogP contribution in [0.15, 0.2) is 95.7 Å². The van der Waals surface area contributed by atoms with Gasteiger partial charge in [0.2, 0.25) is 11.9 Å². The summed E-state index contributed by atoms with van der Waals surface area (Å²) in [5, 5.41) is 1.87. The zero-order chi connectivity index (χ0) is 21.1. The van der Waals surface area contributed by atoms with Crippen molar-refractivity contribution in [1.82, 2.24) is 4.98 Å². The fourth-order valence-corrected chi connectivity index (χ4v) is 7.34. The lowest BCUT2D eigenvalue weighted by molar-refractivity contribution is 0.514. The van der Waals surface area contributed by atoms with Crippen LogP contribution >= 0.6 is 30.3 Å². The van der Waals surface area contributed by atoms with Gasteiger partial charge in [-0.2, -0.15) is 13.8 Å². The predicted octanol–water partition coefficient (Wildman–Crippen LogP) is 6.48. The molecule has 0 aliphatic carbocycles. The van der Waals surface area contributed by atoms with Gasteiger partial charge >= 0.3 is 0 Å². The van der Waals surface area contributed by atoms with Crippen LogP contribution in [0.3, 0.4) is 0 Å². The summed E-state index contributed by atoms with van der Waals surface area (Å²) in [6.07, 6.45) is 0. The van der Waals surface area contributed by atoms with Crippen LogP contribution in [0.4, 0.5) is 14.5 Å². The standard InChI is InChI=1S/C23H15Cl2F2N2P/c24-19-21(20(25)23(27)28-22(19)26)29-30(16-10-4-1-5-11-16,17-12-6-2-7-13-17)18-14-8-3-9-15-18/h1-15H. The lowest BCUT2D eigenvalue weighted by Crippen LogP contribution is -2.25. The Hall–Kier alpha value is -2.52. The summed E-state index contributed by atoms with van der Waals surface area (Å²) >= 11 is 12.3. The molecule has 2 nitrogen and oxygen atoms in total. The van der Waals surface area contributed by atoms with E-state index in [4.69, 9.17) is 27.9 Å². The number of nitrogens with zero attached hydrogens (tertiary/aromatic N) is 2. The average Bonchev–Trinajstić information content (AvgIpc) is 2.80. The highest BCUT2D eigenvalue weighted by Gasteiger charge is 2.29. The second-order valence-corrected chi connectivity index (χ2v) is 10.2. The number of benzene rings is 3. The summed E-state index contributed by atoms with van der Waals surface area (Å²) in [6, 6.07) is 28.8. The Morgan fingerprint density at radius 2 is 0.933 bits per heavy atom. The Morgan fingerprint density at radius 1 is 0.600 bits per heavy atom. The van der Waals surface area contributed by atoms with Gasteiger partial charge in [0.1, 0.15) is 15.7 Å². The molecule has 4 aromatic rings. The van der Waals surface area contributed by atoms with Crippen molar-refractivity contribution in [1.29, 1.82) is 0 Å². The van der Waals surface area contributed by atoms with Gasteiger partial charge < -0.3 is 0 Å². The topological polar surface area (TPSA) is 25.2 Å². The SMILES string of the molecule is Fc1nc(F)c(Cl)c(N=P(c2ccccc2)(c2ccccc2)c2ccccc2)c1Cl. The molecule has 0 N–H and O–H groups in total. The molecule has 0 fully saturated rings. The van der Waals surface area contributed by atoms with Gasteiger partial charge in [-0.1, -0.05) is 114 Å². The van der Waals surface area contributed by atoms with Crippen LogP contribution in [0, 0.1) is 11.9 Å². The molecule has 0 saturated carbocycles. The maximum Gasteiger partial charge on any atom is 0.236 e. The first-order chi connectivity index (χ1) is 14.5. The van der Waals surface area contributed by atoms with Gasteiger partial charge in [0.05, 0.1) is 7.05 Å². The molecule has 0 amide bonds. The van der Waals surface area contributed by atoms with Crippen LogP contribution in [0.2, 0.25) is 10.0 Å². The third-order valence-corrected chi connectivity index (χ3v) is 8.92. The molecule has 1 heterocycles. The van der Waals surface area contributed by atoms with Crippen LogP contribution in [0.5, 0.6) is 0 Å². The maximum atomic E-state index is 14.2. The number of hydrogen-bond donors (Lipinski definition) is 0. The average molecular weight is 459 g/mol. The molecule has 3 aromatic carbocycles. The van der Waals surface area contributed by atoms with Crippen LogP contribution in [-0.2, 0) is 0 Å². The molecule has 0 aliphatic heterocycles. The van der Waals surface area contributed by atoms with E-state index in [1.165, 1.54) is 0 Å². The summed E-state index contributed by atoms with van der Waals surface area (Å²) in [4.78, 5) is 3.14. The van der Waals surface area contributed by atoms with Gasteiger partial charge in [-0.05, 0) is 0 Å². The highest BCUT2D eigenvalue weighted by atomic mass is 35.5. The smallest absolute Gasteiger partial charge is 0.236 e. The van der Waals surface area contributed by atoms with E-state index in [9.17, 15) is 8.78 Å². The minimum Gasteiger partial charge on any atom is -0.250 e.